The second-order valence-corrected chi connectivity index (χ2v) is 10.2. The van der Waals surface area contributed by atoms with Crippen LogP contribution in [0.5, 0.6) is 23.0 Å². The van der Waals surface area contributed by atoms with E-state index in [0.29, 0.717) is 0 Å². The average Bonchev–Trinajstić information content (AvgIpc) is 3.44. The molecule has 2 heterocycles. The van der Waals surface area contributed by atoms with Crippen molar-refractivity contribution in [3.05, 3.63) is 128 Å². The van der Waals surface area contributed by atoms with Crippen molar-refractivity contribution in [2.24, 2.45) is 0 Å². The van der Waals surface area contributed by atoms with E-state index in [1.807, 2.05) is 87.0 Å². The first-order valence-corrected chi connectivity index (χ1v) is 13.6. The van der Waals surface area contributed by atoms with Crippen molar-refractivity contribution in [2.75, 3.05) is 37.6 Å². The number of hydrogen-bond acceptors (Lipinski definition) is 6. The highest BCUT2D eigenvalue weighted by atomic mass is 16.5. The van der Waals surface area contributed by atoms with E-state index in [4.69, 9.17) is 9.47 Å². The van der Waals surface area contributed by atoms with Crippen LogP contribution in [0, 0.1) is 0 Å². The third-order valence-electron chi connectivity index (χ3n) is 6.89. The lowest BCUT2D eigenvalue weighted by Crippen LogP contribution is -2.21. The first-order chi connectivity index (χ1) is 20.0. The lowest BCUT2D eigenvalue weighted by atomic mass is 10.0. The van der Waals surface area contributed by atoms with E-state index < -0.39 is 0 Å². The summed E-state index contributed by atoms with van der Waals surface area (Å²) in [7, 11) is 6.10. The second-order valence-electron chi connectivity index (χ2n) is 10.2. The van der Waals surface area contributed by atoms with E-state index >= 15 is 0 Å². The summed E-state index contributed by atoms with van der Waals surface area (Å²) in [5, 5.41) is 0. The molecule has 0 saturated carbocycles. The number of anilines is 2. The van der Waals surface area contributed by atoms with Crippen LogP contribution in [0.3, 0.4) is 0 Å². The topological polar surface area (TPSA) is 41.1 Å². The predicted octanol–water partition coefficient (Wildman–Crippen LogP) is 8.25. The molecule has 0 unspecified atom stereocenters. The van der Waals surface area contributed by atoms with Crippen molar-refractivity contribution in [3.8, 4) is 45.4 Å². The first-order valence-electron chi connectivity index (χ1n) is 13.6. The van der Waals surface area contributed by atoms with Gasteiger partial charge in [-0.3, -0.25) is 4.98 Å². The molecule has 6 nitrogen and oxygen atoms in total. The van der Waals surface area contributed by atoms with Gasteiger partial charge in [0.2, 0.25) is 0 Å². The Balaban J connectivity index is 1.21. The molecule has 0 fully saturated rings. The van der Waals surface area contributed by atoms with Gasteiger partial charge >= 0.3 is 0 Å². The molecular formula is C35H32N4O2. The van der Waals surface area contributed by atoms with Crippen molar-refractivity contribution >= 4 is 11.4 Å². The molecule has 0 N–H and O–H groups in total. The molecule has 0 bridgehead atoms. The number of benzene rings is 4. The first kappa shape index (κ1) is 26.0. The summed E-state index contributed by atoms with van der Waals surface area (Å²) in [6.07, 6.45) is 5.98. The molecule has 41 heavy (non-hydrogen) atoms. The van der Waals surface area contributed by atoms with Gasteiger partial charge in [0.05, 0.1) is 12.4 Å². The number of pyridine rings is 1. The molecule has 0 atom stereocenters. The minimum absolute atomic E-state index is 0.760. The summed E-state index contributed by atoms with van der Waals surface area (Å²) in [6.45, 7) is 0.819. The molecule has 0 spiro atoms. The Bertz CT molecular complexity index is 1700. The van der Waals surface area contributed by atoms with Gasteiger partial charge in [0.25, 0.3) is 0 Å². The van der Waals surface area contributed by atoms with Crippen LogP contribution in [-0.4, -0.2) is 37.7 Å². The van der Waals surface area contributed by atoms with Crippen LogP contribution < -0.4 is 19.3 Å². The maximum absolute atomic E-state index is 6.27. The Morgan fingerprint density at radius 1 is 0.634 bits per heavy atom. The van der Waals surface area contributed by atoms with Gasteiger partial charge in [0, 0.05) is 68.8 Å². The number of rotatable bonds is 8. The number of hydrogen-bond donors (Lipinski definition) is 0. The lowest BCUT2D eigenvalue weighted by Gasteiger charge is -2.19. The summed E-state index contributed by atoms with van der Waals surface area (Å²) < 4.78 is 12.5. The van der Waals surface area contributed by atoms with Crippen LogP contribution in [0.4, 0.5) is 11.4 Å². The van der Waals surface area contributed by atoms with Crippen molar-refractivity contribution in [1.82, 2.24) is 9.88 Å². The van der Waals surface area contributed by atoms with Gasteiger partial charge in [0.1, 0.15) is 23.0 Å². The standard InChI is InChI=1S/C35H32N4O2/c1-37(2)29-10-6-14-33(23-29)40-31-12-4-8-26(20-31)27-16-17-36-35(22-27)28-9-5-13-32(21-28)41-34-15-7-11-30(24-34)39-19-18-38(3)25-39/h4-24H,25H2,1-3H3. The largest absolute Gasteiger partial charge is 0.457 e. The zero-order chi connectivity index (χ0) is 28.2. The quantitative estimate of drug-likeness (QED) is 0.197. The molecule has 4 aromatic carbocycles. The molecule has 0 amide bonds. The van der Waals surface area contributed by atoms with Gasteiger partial charge in [-0.05, 0) is 71.8 Å². The fourth-order valence-corrected chi connectivity index (χ4v) is 4.75. The molecule has 5 aromatic rings. The number of nitrogens with zero attached hydrogens (tertiary/aromatic N) is 4. The van der Waals surface area contributed by atoms with Crippen LogP contribution in [0.25, 0.3) is 22.4 Å². The van der Waals surface area contributed by atoms with Crippen molar-refractivity contribution in [1.29, 1.82) is 0 Å². The van der Waals surface area contributed by atoms with Crippen molar-refractivity contribution in [3.63, 3.8) is 0 Å². The minimum Gasteiger partial charge on any atom is -0.457 e. The van der Waals surface area contributed by atoms with Crippen LogP contribution in [0.1, 0.15) is 0 Å². The third kappa shape index (κ3) is 6.17. The van der Waals surface area contributed by atoms with E-state index in [0.717, 1.165) is 63.4 Å². The summed E-state index contributed by atoms with van der Waals surface area (Å²) in [5.41, 5.74) is 6.15. The van der Waals surface area contributed by atoms with E-state index in [1.54, 1.807) is 0 Å². The highest BCUT2D eigenvalue weighted by molar-refractivity contribution is 5.72. The van der Waals surface area contributed by atoms with Crippen LogP contribution >= 0.6 is 0 Å². The Morgan fingerprint density at radius 3 is 1.95 bits per heavy atom. The highest BCUT2D eigenvalue weighted by Crippen LogP contribution is 2.33. The van der Waals surface area contributed by atoms with E-state index in [2.05, 4.69) is 81.6 Å². The molecule has 0 radical (unpaired) electrons. The molecule has 6 heteroatoms. The summed E-state index contributed by atoms with van der Waals surface area (Å²) in [6, 6.07) is 36.5. The van der Waals surface area contributed by atoms with Crippen LogP contribution in [0.15, 0.2) is 128 Å². The second kappa shape index (κ2) is 11.5. The fourth-order valence-electron chi connectivity index (χ4n) is 4.75. The summed E-state index contributed by atoms with van der Waals surface area (Å²) >= 11 is 0. The molecule has 0 saturated heterocycles. The summed E-state index contributed by atoms with van der Waals surface area (Å²) in [5.74, 6) is 3.13. The fraction of sp³-hybridized carbons (Fsp3) is 0.114. The molecule has 1 aromatic heterocycles. The predicted molar refractivity (Wildman–Crippen MR) is 167 cm³/mol. The van der Waals surface area contributed by atoms with Crippen LogP contribution in [0.2, 0.25) is 0 Å². The Labute approximate surface area is 241 Å². The Morgan fingerprint density at radius 2 is 1.24 bits per heavy atom. The zero-order valence-electron chi connectivity index (χ0n) is 23.4. The minimum atomic E-state index is 0.760. The van der Waals surface area contributed by atoms with Gasteiger partial charge in [-0.2, -0.15) is 0 Å². The van der Waals surface area contributed by atoms with Gasteiger partial charge in [-0.25, -0.2) is 0 Å². The maximum atomic E-state index is 6.27. The van der Waals surface area contributed by atoms with Gasteiger partial charge < -0.3 is 24.2 Å². The smallest absolute Gasteiger partial charge is 0.129 e. The third-order valence-corrected chi connectivity index (χ3v) is 6.89. The molecular weight excluding hydrogens is 508 g/mol. The SMILES string of the molecule is CN1C=CN(c2cccc(Oc3cccc(-c4cc(-c5cccc(Oc6cccc(N(C)C)c6)c5)ccn4)c3)c2)C1. The Kier molecular flexibility index (Phi) is 7.28. The van der Waals surface area contributed by atoms with Crippen molar-refractivity contribution in [2.45, 2.75) is 0 Å². The van der Waals surface area contributed by atoms with E-state index in [1.165, 1.54) is 0 Å². The van der Waals surface area contributed by atoms with Crippen LogP contribution in [-0.2, 0) is 0 Å². The zero-order valence-corrected chi connectivity index (χ0v) is 23.4. The van der Waals surface area contributed by atoms with E-state index in [-0.39, 0.29) is 0 Å². The molecule has 204 valence electrons. The van der Waals surface area contributed by atoms with Gasteiger partial charge in [-0.15, -0.1) is 0 Å². The molecule has 1 aliphatic rings. The average molecular weight is 541 g/mol. The lowest BCUT2D eigenvalue weighted by molar-refractivity contribution is 0.481. The van der Waals surface area contributed by atoms with Crippen molar-refractivity contribution < 1.29 is 9.47 Å². The van der Waals surface area contributed by atoms with Gasteiger partial charge in [0.15, 0.2) is 0 Å². The Hall–Kier alpha value is -5.23. The molecule has 1 aliphatic heterocycles. The monoisotopic (exact) mass is 540 g/mol. The number of aromatic nitrogens is 1. The van der Waals surface area contributed by atoms with E-state index in [9.17, 15) is 0 Å². The highest BCUT2D eigenvalue weighted by Gasteiger charge is 2.12. The normalized spacial score (nSPS) is 12.5. The maximum Gasteiger partial charge on any atom is 0.129 e. The molecule has 6 rings (SSSR count). The van der Waals surface area contributed by atoms with Gasteiger partial charge in [-0.1, -0.05) is 36.4 Å². The molecule has 0 aliphatic carbocycles. The number of ether oxygens (including phenoxy) is 2. The summed E-state index contributed by atoms with van der Waals surface area (Å²) in [4.78, 5) is 11.0.